The monoisotopic (exact) mass is 451 g/mol. The minimum atomic E-state index is -0.243. The molecular weight excluding hydrogens is 426 g/mol. The Morgan fingerprint density at radius 3 is 2.62 bits per heavy atom. The zero-order valence-electron chi connectivity index (χ0n) is 18.8. The Hall–Kier alpha value is -4.52. The normalized spacial score (nSPS) is 10.9. The number of carbonyl (C=O) groups excluding carboxylic acids is 2. The number of hydrogen-bond acceptors (Lipinski definition) is 4. The van der Waals surface area contributed by atoms with Crippen LogP contribution in [0.2, 0.25) is 0 Å². The van der Waals surface area contributed by atoms with Gasteiger partial charge >= 0.3 is 0 Å². The van der Waals surface area contributed by atoms with Gasteiger partial charge in [-0.25, -0.2) is 4.68 Å². The van der Waals surface area contributed by atoms with E-state index in [0.29, 0.717) is 18.7 Å². The number of nitrogens with zero attached hydrogens (tertiary/aromatic N) is 3. The van der Waals surface area contributed by atoms with Crippen LogP contribution in [0.25, 0.3) is 23.0 Å². The second-order valence-corrected chi connectivity index (χ2v) is 7.57. The van der Waals surface area contributed by atoms with E-state index in [1.165, 1.54) is 6.08 Å². The molecule has 2 aromatic heterocycles. The Morgan fingerprint density at radius 2 is 1.85 bits per heavy atom. The van der Waals surface area contributed by atoms with E-state index in [-0.39, 0.29) is 11.8 Å². The van der Waals surface area contributed by atoms with Gasteiger partial charge in [-0.2, -0.15) is 5.10 Å². The van der Waals surface area contributed by atoms with Crippen LogP contribution in [0.1, 0.15) is 28.4 Å². The summed E-state index contributed by atoms with van der Waals surface area (Å²) in [5.74, 6) is -0.373. The number of nitrogens with one attached hydrogen (secondary N) is 2. The maximum atomic E-state index is 12.5. The molecule has 0 aliphatic rings. The van der Waals surface area contributed by atoms with Gasteiger partial charge in [0.2, 0.25) is 5.91 Å². The second-order valence-electron chi connectivity index (χ2n) is 7.57. The molecule has 7 heteroatoms. The van der Waals surface area contributed by atoms with Gasteiger partial charge in [-0.05, 0) is 55.0 Å². The molecule has 0 bridgehead atoms. The van der Waals surface area contributed by atoms with Gasteiger partial charge in [0.1, 0.15) is 5.69 Å². The fourth-order valence-corrected chi connectivity index (χ4v) is 3.45. The van der Waals surface area contributed by atoms with Crippen molar-refractivity contribution < 1.29 is 9.59 Å². The van der Waals surface area contributed by atoms with Crippen molar-refractivity contribution in [3.8, 4) is 16.9 Å². The van der Waals surface area contributed by atoms with Gasteiger partial charge in [0.25, 0.3) is 5.91 Å². The Labute approximate surface area is 198 Å². The molecule has 0 unspecified atom stereocenters. The molecule has 0 radical (unpaired) electrons. The first-order valence-electron chi connectivity index (χ1n) is 11.0. The first-order valence-corrected chi connectivity index (χ1v) is 11.0. The average Bonchev–Trinajstić information content (AvgIpc) is 3.32. The standard InChI is InChI=1S/C27H25N5O2/c1-2-29-27(34)21-9-6-8-20(16-21)17-30-25(33)14-13-23-19-32(24-11-4-3-5-12-24)31-26(23)22-10-7-15-28-18-22/h3-16,18-19H,2,17H2,1H3,(H,29,34)(H,30,33)/b14-13+. The average molecular weight is 452 g/mol. The first-order chi connectivity index (χ1) is 16.6. The van der Waals surface area contributed by atoms with E-state index in [0.717, 1.165) is 28.1 Å². The number of amides is 2. The third-order valence-electron chi connectivity index (χ3n) is 5.11. The minimum Gasteiger partial charge on any atom is -0.352 e. The van der Waals surface area contributed by atoms with Gasteiger partial charge in [-0.15, -0.1) is 0 Å². The van der Waals surface area contributed by atoms with Gasteiger partial charge < -0.3 is 10.6 Å². The number of rotatable bonds is 8. The van der Waals surface area contributed by atoms with Crippen LogP contribution < -0.4 is 10.6 Å². The third-order valence-corrected chi connectivity index (χ3v) is 5.11. The molecule has 0 saturated heterocycles. The predicted molar refractivity (Wildman–Crippen MR) is 132 cm³/mol. The fourth-order valence-electron chi connectivity index (χ4n) is 3.45. The molecule has 2 heterocycles. The minimum absolute atomic E-state index is 0.131. The first kappa shape index (κ1) is 22.7. The van der Waals surface area contributed by atoms with Crippen molar-refractivity contribution in [3.63, 3.8) is 0 Å². The maximum Gasteiger partial charge on any atom is 0.251 e. The highest BCUT2D eigenvalue weighted by Crippen LogP contribution is 2.24. The van der Waals surface area contributed by atoms with E-state index >= 15 is 0 Å². The van der Waals surface area contributed by atoms with E-state index in [1.807, 2.05) is 61.7 Å². The summed E-state index contributed by atoms with van der Waals surface area (Å²) in [4.78, 5) is 28.7. The molecule has 0 aliphatic carbocycles. The van der Waals surface area contributed by atoms with Crippen molar-refractivity contribution >= 4 is 17.9 Å². The summed E-state index contributed by atoms with van der Waals surface area (Å²) in [6.45, 7) is 2.75. The summed E-state index contributed by atoms with van der Waals surface area (Å²) in [6.07, 6.45) is 8.57. The molecule has 0 saturated carbocycles. The maximum absolute atomic E-state index is 12.5. The molecule has 0 spiro atoms. The third kappa shape index (κ3) is 5.63. The van der Waals surface area contributed by atoms with Gasteiger partial charge in [0.15, 0.2) is 0 Å². The number of aromatic nitrogens is 3. The molecule has 34 heavy (non-hydrogen) atoms. The van der Waals surface area contributed by atoms with Crippen molar-refractivity contribution in [2.75, 3.05) is 6.54 Å². The van der Waals surface area contributed by atoms with Crippen LogP contribution in [0.4, 0.5) is 0 Å². The highest BCUT2D eigenvalue weighted by molar-refractivity contribution is 5.94. The largest absolute Gasteiger partial charge is 0.352 e. The van der Waals surface area contributed by atoms with E-state index in [2.05, 4.69) is 15.6 Å². The van der Waals surface area contributed by atoms with Crippen molar-refractivity contribution in [2.45, 2.75) is 13.5 Å². The molecule has 4 aromatic rings. The lowest BCUT2D eigenvalue weighted by Crippen LogP contribution is -2.23. The van der Waals surface area contributed by atoms with Crippen LogP contribution >= 0.6 is 0 Å². The fraction of sp³-hybridized carbons (Fsp3) is 0.111. The lowest BCUT2D eigenvalue weighted by Gasteiger charge is -2.06. The van der Waals surface area contributed by atoms with Gasteiger partial charge in [0.05, 0.1) is 5.69 Å². The van der Waals surface area contributed by atoms with Crippen molar-refractivity contribution in [2.24, 2.45) is 0 Å². The highest BCUT2D eigenvalue weighted by atomic mass is 16.2. The Kier molecular flexibility index (Phi) is 7.25. The molecule has 4 rings (SSSR count). The quantitative estimate of drug-likeness (QED) is 0.396. The van der Waals surface area contributed by atoms with Gasteiger partial charge in [-0.3, -0.25) is 14.6 Å². The molecule has 0 atom stereocenters. The zero-order valence-corrected chi connectivity index (χ0v) is 18.8. The Balaban J connectivity index is 1.50. The summed E-state index contributed by atoms with van der Waals surface area (Å²) < 4.78 is 1.78. The molecule has 170 valence electrons. The van der Waals surface area contributed by atoms with E-state index in [9.17, 15) is 9.59 Å². The van der Waals surface area contributed by atoms with Crippen molar-refractivity contribution in [3.05, 3.63) is 108 Å². The van der Waals surface area contributed by atoms with Crippen LogP contribution in [0, 0.1) is 0 Å². The smallest absolute Gasteiger partial charge is 0.251 e. The Morgan fingerprint density at radius 1 is 1.00 bits per heavy atom. The second kappa shape index (κ2) is 10.9. The highest BCUT2D eigenvalue weighted by Gasteiger charge is 2.11. The molecular formula is C27H25N5O2. The van der Waals surface area contributed by atoms with E-state index < -0.39 is 0 Å². The van der Waals surface area contributed by atoms with Crippen LogP contribution in [0.3, 0.4) is 0 Å². The number of benzene rings is 2. The zero-order chi connectivity index (χ0) is 23.8. The van der Waals surface area contributed by atoms with Crippen LogP contribution in [-0.2, 0) is 11.3 Å². The Bertz CT molecular complexity index is 1300. The number of hydrogen-bond donors (Lipinski definition) is 2. The molecule has 2 N–H and O–H groups in total. The van der Waals surface area contributed by atoms with E-state index in [4.69, 9.17) is 5.10 Å². The summed E-state index contributed by atoms with van der Waals surface area (Å²) in [5.41, 5.74) is 4.72. The summed E-state index contributed by atoms with van der Waals surface area (Å²) in [6, 6.07) is 20.8. The summed E-state index contributed by atoms with van der Waals surface area (Å²) in [7, 11) is 0. The van der Waals surface area contributed by atoms with Crippen LogP contribution in [-0.4, -0.2) is 33.1 Å². The summed E-state index contributed by atoms with van der Waals surface area (Å²) in [5, 5.41) is 10.4. The lowest BCUT2D eigenvalue weighted by molar-refractivity contribution is -0.116. The van der Waals surface area contributed by atoms with Crippen molar-refractivity contribution in [1.29, 1.82) is 0 Å². The van der Waals surface area contributed by atoms with Crippen LogP contribution in [0.5, 0.6) is 0 Å². The van der Waals surface area contributed by atoms with Gasteiger partial charge in [-0.1, -0.05) is 30.3 Å². The molecule has 0 fully saturated rings. The predicted octanol–water partition coefficient (Wildman–Crippen LogP) is 4.01. The topological polar surface area (TPSA) is 88.9 Å². The van der Waals surface area contributed by atoms with Gasteiger partial charge in [0, 0.05) is 54.4 Å². The molecule has 7 nitrogen and oxygen atoms in total. The number of carbonyl (C=O) groups is 2. The number of pyridine rings is 1. The van der Waals surface area contributed by atoms with E-state index in [1.54, 1.807) is 41.4 Å². The molecule has 2 aromatic carbocycles. The van der Waals surface area contributed by atoms with Crippen molar-refractivity contribution in [1.82, 2.24) is 25.4 Å². The number of para-hydroxylation sites is 1. The molecule has 0 aliphatic heterocycles. The SMILES string of the molecule is CCNC(=O)c1cccc(CNC(=O)/C=C/c2cn(-c3ccccc3)nc2-c2cccnc2)c1. The van der Waals surface area contributed by atoms with Crippen LogP contribution in [0.15, 0.2) is 91.4 Å². The summed E-state index contributed by atoms with van der Waals surface area (Å²) >= 11 is 0. The lowest BCUT2D eigenvalue weighted by atomic mass is 10.1. The molecule has 2 amide bonds.